The molecule has 4 N–H and O–H groups in total. The Labute approximate surface area is 234 Å². The molecule has 0 aromatic heterocycles. The van der Waals surface area contributed by atoms with E-state index in [0.29, 0.717) is 12.8 Å². The van der Waals surface area contributed by atoms with Crippen LogP contribution in [0.15, 0.2) is 0 Å². The summed E-state index contributed by atoms with van der Waals surface area (Å²) in [6.07, 6.45) is 15.7. The molecule has 0 saturated heterocycles. The molecule has 0 saturated carbocycles. The van der Waals surface area contributed by atoms with Gasteiger partial charge in [0.1, 0.15) is 12.6 Å². The average molecular weight is 582 g/mol. The van der Waals surface area contributed by atoms with Gasteiger partial charge in [-0.15, -0.1) is 0 Å². The zero-order chi connectivity index (χ0) is 29.4. The number of carboxylic acids is 1. The summed E-state index contributed by atoms with van der Waals surface area (Å²) in [5.74, 6) is -2.41. The van der Waals surface area contributed by atoms with E-state index >= 15 is 0 Å². The monoisotopic (exact) mass is 581 g/mol. The Morgan fingerprint density at radius 3 is 1.67 bits per heavy atom. The normalized spacial score (nSPS) is 14.4. The number of unbranched alkanes of at least 4 members (excludes halogenated alkanes) is 13. The molecule has 0 aromatic rings. The first-order valence-electron chi connectivity index (χ1n) is 14.6. The van der Waals surface area contributed by atoms with E-state index in [2.05, 4.69) is 11.4 Å². The number of aliphatic carboxylic acids is 1. The first kappa shape index (κ1) is 37.5. The van der Waals surface area contributed by atoms with Gasteiger partial charge in [-0.1, -0.05) is 97.3 Å². The first-order valence-corrected chi connectivity index (χ1v) is 16.1. The maximum atomic E-state index is 12.3. The van der Waals surface area contributed by atoms with Crippen LogP contribution in [0, 0.1) is 0 Å². The lowest BCUT2D eigenvalue weighted by molar-refractivity contribution is -0.161. The zero-order valence-electron chi connectivity index (χ0n) is 24.0. The Kier molecular flexibility index (Phi) is 23.3. The van der Waals surface area contributed by atoms with Gasteiger partial charge in [0, 0.05) is 12.8 Å². The molecular weight excluding hydrogens is 529 g/mol. The number of hydrogen-bond donors (Lipinski definition) is 3. The summed E-state index contributed by atoms with van der Waals surface area (Å²) in [4.78, 5) is 44.8. The zero-order valence-corrected chi connectivity index (χ0v) is 24.9. The number of phosphoric ester groups is 1. The van der Waals surface area contributed by atoms with E-state index in [1.165, 1.54) is 51.4 Å². The van der Waals surface area contributed by atoms with Crippen molar-refractivity contribution in [3.05, 3.63) is 0 Å². The van der Waals surface area contributed by atoms with Crippen LogP contribution in [0.3, 0.4) is 0 Å². The number of esters is 2. The third-order valence-electron chi connectivity index (χ3n) is 6.11. The summed E-state index contributed by atoms with van der Waals surface area (Å²) in [6, 6.07) is -1.51. The molecule has 0 aliphatic heterocycles. The number of rotatable bonds is 27. The van der Waals surface area contributed by atoms with Crippen LogP contribution in [0.25, 0.3) is 0 Å². The van der Waals surface area contributed by atoms with Gasteiger partial charge in [0.15, 0.2) is 6.10 Å². The Balaban J connectivity index is 4.42. The second-order valence-corrected chi connectivity index (χ2v) is 11.3. The minimum Gasteiger partial charge on any atom is -0.480 e. The van der Waals surface area contributed by atoms with Crippen molar-refractivity contribution in [3.63, 3.8) is 0 Å². The molecule has 39 heavy (non-hydrogen) atoms. The van der Waals surface area contributed by atoms with Crippen LogP contribution in [0.2, 0.25) is 0 Å². The largest absolute Gasteiger partial charge is 0.480 e. The number of carboxylic acid groups (broad SMARTS) is 1. The Hall–Kier alpha value is -1.52. The Morgan fingerprint density at radius 2 is 1.13 bits per heavy atom. The molecular formula is C27H52NO10P. The van der Waals surface area contributed by atoms with Gasteiger partial charge in [0.05, 0.1) is 13.2 Å². The fourth-order valence-electron chi connectivity index (χ4n) is 3.71. The second-order valence-electron chi connectivity index (χ2n) is 9.90. The van der Waals surface area contributed by atoms with Crippen LogP contribution in [0.1, 0.15) is 123 Å². The molecule has 0 aliphatic rings. The lowest BCUT2D eigenvalue weighted by atomic mass is 10.0. The summed E-state index contributed by atoms with van der Waals surface area (Å²) < 4.78 is 32.0. The van der Waals surface area contributed by atoms with Crippen molar-refractivity contribution < 1.29 is 47.5 Å². The van der Waals surface area contributed by atoms with Gasteiger partial charge in [0.2, 0.25) is 0 Å². The van der Waals surface area contributed by atoms with E-state index in [1.807, 2.05) is 6.92 Å². The summed E-state index contributed by atoms with van der Waals surface area (Å²) in [6.45, 7) is 2.55. The van der Waals surface area contributed by atoms with Crippen molar-refractivity contribution in [2.75, 3.05) is 19.8 Å². The molecule has 0 heterocycles. The molecule has 0 aliphatic carbocycles. The van der Waals surface area contributed by atoms with Crippen molar-refractivity contribution in [1.82, 2.24) is 0 Å². The highest BCUT2D eigenvalue weighted by molar-refractivity contribution is 7.47. The number of ether oxygens (including phenoxy) is 2. The molecule has 0 fully saturated rings. The maximum Gasteiger partial charge on any atom is 0.472 e. The predicted octanol–water partition coefficient (Wildman–Crippen LogP) is 5.66. The van der Waals surface area contributed by atoms with E-state index in [-0.39, 0.29) is 19.4 Å². The molecule has 3 atom stereocenters. The number of phosphoric acid groups is 1. The molecule has 0 spiro atoms. The summed E-state index contributed by atoms with van der Waals surface area (Å²) in [7, 11) is -4.68. The van der Waals surface area contributed by atoms with Crippen LogP contribution in [0.5, 0.6) is 0 Å². The van der Waals surface area contributed by atoms with Gasteiger partial charge >= 0.3 is 25.7 Å². The van der Waals surface area contributed by atoms with Crippen LogP contribution >= 0.6 is 7.82 Å². The quantitative estimate of drug-likeness (QED) is 0.0621. The van der Waals surface area contributed by atoms with E-state index in [0.717, 1.165) is 32.1 Å². The molecule has 0 radical (unpaired) electrons. The third-order valence-corrected chi connectivity index (χ3v) is 7.06. The SMILES string of the molecule is CCCCCCCCCCCCCCC(=O)OC(COC(=O)CCCCC)COP(=O)(O)OCC(N)C(=O)O. The standard InChI is InChI=1S/C27H52NO10P/c1-3-5-7-8-9-10-11-12-13-14-15-17-19-26(30)38-23(20-35-25(29)18-16-6-4-2)21-36-39(33,34)37-22-24(28)27(31)32/h23-24H,3-22,28H2,1-2H3,(H,31,32)(H,33,34). The average Bonchev–Trinajstić information content (AvgIpc) is 2.89. The molecule has 0 aromatic carbocycles. The molecule has 0 bridgehead atoms. The van der Waals surface area contributed by atoms with Crippen LogP contribution in [-0.4, -0.2) is 59.9 Å². The predicted molar refractivity (Wildman–Crippen MR) is 148 cm³/mol. The topological polar surface area (TPSA) is 172 Å². The summed E-state index contributed by atoms with van der Waals surface area (Å²) >= 11 is 0. The van der Waals surface area contributed by atoms with Gasteiger partial charge < -0.3 is 25.2 Å². The van der Waals surface area contributed by atoms with E-state index in [9.17, 15) is 23.8 Å². The first-order chi connectivity index (χ1) is 18.6. The highest BCUT2D eigenvalue weighted by atomic mass is 31.2. The van der Waals surface area contributed by atoms with Crippen LogP contribution in [0.4, 0.5) is 0 Å². The number of carbonyl (C=O) groups excluding carboxylic acids is 2. The maximum absolute atomic E-state index is 12.3. The smallest absolute Gasteiger partial charge is 0.472 e. The molecule has 11 nitrogen and oxygen atoms in total. The van der Waals surface area contributed by atoms with E-state index < -0.39 is 51.1 Å². The Bertz CT molecular complexity index is 706. The molecule has 12 heteroatoms. The number of nitrogens with two attached hydrogens (primary N) is 1. The summed E-state index contributed by atoms with van der Waals surface area (Å²) in [5, 5.41) is 8.76. The van der Waals surface area contributed by atoms with Crippen molar-refractivity contribution >= 4 is 25.7 Å². The molecule has 0 amide bonds. The third kappa shape index (κ3) is 24.0. The van der Waals surface area contributed by atoms with Gasteiger partial charge in [-0.3, -0.25) is 23.4 Å². The van der Waals surface area contributed by atoms with Gasteiger partial charge in [-0.2, -0.15) is 0 Å². The summed E-state index contributed by atoms with van der Waals surface area (Å²) in [5.41, 5.74) is 5.26. The Morgan fingerprint density at radius 1 is 0.692 bits per heavy atom. The molecule has 230 valence electrons. The highest BCUT2D eigenvalue weighted by Crippen LogP contribution is 2.43. The van der Waals surface area contributed by atoms with Crippen LogP contribution in [-0.2, 0) is 37.5 Å². The fraction of sp³-hybridized carbons (Fsp3) is 0.889. The van der Waals surface area contributed by atoms with Crippen molar-refractivity contribution in [1.29, 1.82) is 0 Å². The van der Waals surface area contributed by atoms with Gasteiger partial charge in [0.25, 0.3) is 0 Å². The van der Waals surface area contributed by atoms with Crippen molar-refractivity contribution in [2.45, 2.75) is 135 Å². The van der Waals surface area contributed by atoms with Crippen molar-refractivity contribution in [2.24, 2.45) is 5.73 Å². The molecule has 0 rings (SSSR count). The highest BCUT2D eigenvalue weighted by Gasteiger charge is 2.28. The minimum atomic E-state index is -4.68. The van der Waals surface area contributed by atoms with Gasteiger partial charge in [-0.05, 0) is 12.8 Å². The molecule has 3 unspecified atom stereocenters. The lowest BCUT2D eigenvalue weighted by Gasteiger charge is -2.20. The lowest BCUT2D eigenvalue weighted by Crippen LogP contribution is -2.34. The number of carbonyl (C=O) groups is 3. The van der Waals surface area contributed by atoms with E-state index in [1.54, 1.807) is 0 Å². The van der Waals surface area contributed by atoms with Crippen molar-refractivity contribution in [3.8, 4) is 0 Å². The van der Waals surface area contributed by atoms with Gasteiger partial charge in [-0.25, -0.2) is 4.57 Å². The fourth-order valence-corrected chi connectivity index (χ4v) is 4.49. The van der Waals surface area contributed by atoms with E-state index in [4.69, 9.17) is 24.8 Å². The van der Waals surface area contributed by atoms with Crippen LogP contribution < -0.4 is 5.73 Å². The second kappa shape index (κ2) is 24.3. The number of hydrogen-bond acceptors (Lipinski definition) is 9. The minimum absolute atomic E-state index is 0.166.